The second-order valence-corrected chi connectivity index (χ2v) is 1.11. The molecule has 0 aliphatic heterocycles. The normalized spacial score (nSPS) is 8.17. The van der Waals surface area contributed by atoms with Crippen LogP contribution in [0, 0.1) is 0 Å². The SMILES string of the molecule is O=CCCNCl. The first-order chi connectivity index (χ1) is 2.91. The molecular formula is C3H6ClNO. The summed E-state index contributed by atoms with van der Waals surface area (Å²) in [6, 6.07) is 0. The highest BCUT2D eigenvalue weighted by atomic mass is 35.5. The number of carbonyl (C=O) groups is 1. The van der Waals surface area contributed by atoms with E-state index >= 15 is 0 Å². The summed E-state index contributed by atoms with van der Waals surface area (Å²) in [5.41, 5.74) is 0. The average molecular weight is 108 g/mol. The Labute approximate surface area is 41.6 Å². The van der Waals surface area contributed by atoms with Gasteiger partial charge in [-0.25, -0.2) is 4.84 Å². The first kappa shape index (κ1) is 5.92. The van der Waals surface area contributed by atoms with Crippen LogP contribution in [-0.2, 0) is 4.79 Å². The predicted octanol–water partition coefficient (Wildman–Crippen LogP) is 0.319. The van der Waals surface area contributed by atoms with Crippen molar-refractivity contribution in [3.63, 3.8) is 0 Å². The molecule has 0 aromatic rings. The topological polar surface area (TPSA) is 29.1 Å². The molecule has 0 saturated carbocycles. The molecule has 0 bridgehead atoms. The zero-order valence-electron chi connectivity index (χ0n) is 3.28. The van der Waals surface area contributed by atoms with Crippen LogP contribution in [0.1, 0.15) is 6.42 Å². The van der Waals surface area contributed by atoms with Crippen molar-refractivity contribution in [2.24, 2.45) is 0 Å². The number of nitrogens with one attached hydrogen (secondary N) is 1. The molecule has 3 heteroatoms. The second kappa shape index (κ2) is 4.92. The van der Waals surface area contributed by atoms with E-state index < -0.39 is 0 Å². The van der Waals surface area contributed by atoms with E-state index in [1.165, 1.54) is 0 Å². The summed E-state index contributed by atoms with van der Waals surface area (Å²) in [4.78, 5) is 11.8. The number of hydrogen-bond acceptors (Lipinski definition) is 2. The number of carbonyl (C=O) groups excluding carboxylic acids is 1. The van der Waals surface area contributed by atoms with Gasteiger partial charge in [0.2, 0.25) is 0 Å². The van der Waals surface area contributed by atoms with Crippen LogP contribution in [0.4, 0.5) is 0 Å². The summed E-state index contributed by atoms with van der Waals surface area (Å²) in [6.07, 6.45) is 1.30. The van der Waals surface area contributed by atoms with Crippen molar-refractivity contribution < 1.29 is 4.79 Å². The molecule has 0 rings (SSSR count). The molecule has 6 heavy (non-hydrogen) atoms. The Morgan fingerprint density at radius 3 is 2.67 bits per heavy atom. The van der Waals surface area contributed by atoms with E-state index in [1.54, 1.807) is 0 Å². The summed E-state index contributed by atoms with van der Waals surface area (Å²) >= 11 is 4.97. The Morgan fingerprint density at radius 2 is 2.50 bits per heavy atom. The lowest BCUT2D eigenvalue weighted by molar-refractivity contribution is -0.107. The van der Waals surface area contributed by atoms with Crippen LogP contribution < -0.4 is 4.84 Å². The highest BCUT2D eigenvalue weighted by Gasteiger charge is 1.74. The Bertz CT molecular complexity index is 39.8. The van der Waals surface area contributed by atoms with Crippen molar-refractivity contribution in [2.75, 3.05) is 6.54 Å². The van der Waals surface area contributed by atoms with Gasteiger partial charge in [-0.1, -0.05) is 0 Å². The number of rotatable bonds is 3. The smallest absolute Gasteiger partial charge is 0.121 e. The lowest BCUT2D eigenvalue weighted by Crippen LogP contribution is -1.99. The summed E-state index contributed by atoms with van der Waals surface area (Å²) in [5.74, 6) is 0. The van der Waals surface area contributed by atoms with Gasteiger partial charge in [-0.15, -0.1) is 0 Å². The summed E-state index contributed by atoms with van der Waals surface area (Å²) < 4.78 is 0. The van der Waals surface area contributed by atoms with Gasteiger partial charge in [-0.3, -0.25) is 0 Å². The van der Waals surface area contributed by atoms with Crippen LogP contribution in [0.15, 0.2) is 0 Å². The van der Waals surface area contributed by atoms with Crippen molar-refractivity contribution in [1.82, 2.24) is 4.84 Å². The first-order valence-corrected chi connectivity index (χ1v) is 2.06. The van der Waals surface area contributed by atoms with E-state index in [0.717, 1.165) is 6.29 Å². The van der Waals surface area contributed by atoms with Gasteiger partial charge in [0, 0.05) is 13.0 Å². The fourth-order valence-electron chi connectivity index (χ4n) is 0.113. The Kier molecular flexibility index (Phi) is 4.85. The van der Waals surface area contributed by atoms with Crippen molar-refractivity contribution in [1.29, 1.82) is 0 Å². The molecule has 36 valence electrons. The molecule has 0 heterocycles. The Balaban J connectivity index is 2.49. The fourth-order valence-corrected chi connectivity index (χ4v) is 0.223. The van der Waals surface area contributed by atoms with Crippen molar-refractivity contribution >= 4 is 18.1 Å². The molecule has 2 nitrogen and oxygen atoms in total. The quantitative estimate of drug-likeness (QED) is 0.320. The van der Waals surface area contributed by atoms with Gasteiger partial charge in [-0.05, 0) is 11.8 Å². The van der Waals surface area contributed by atoms with Crippen LogP contribution in [0.25, 0.3) is 0 Å². The third-order valence-electron chi connectivity index (χ3n) is 0.357. The summed E-state index contributed by atoms with van der Waals surface area (Å²) in [6.45, 7) is 0.561. The molecule has 0 spiro atoms. The molecule has 0 fully saturated rings. The van der Waals surface area contributed by atoms with E-state index in [0.29, 0.717) is 13.0 Å². The first-order valence-electron chi connectivity index (χ1n) is 1.69. The van der Waals surface area contributed by atoms with Crippen molar-refractivity contribution in [2.45, 2.75) is 6.42 Å². The molecule has 0 aliphatic carbocycles. The molecule has 0 unspecified atom stereocenters. The summed E-state index contributed by atoms with van der Waals surface area (Å²) in [7, 11) is 0. The lowest BCUT2D eigenvalue weighted by atomic mass is 10.5. The van der Waals surface area contributed by atoms with Gasteiger partial charge in [0.15, 0.2) is 0 Å². The van der Waals surface area contributed by atoms with E-state index in [4.69, 9.17) is 11.8 Å². The third kappa shape index (κ3) is 3.92. The average Bonchev–Trinajstić information content (AvgIpc) is 1.61. The predicted molar refractivity (Wildman–Crippen MR) is 24.5 cm³/mol. The minimum Gasteiger partial charge on any atom is -0.303 e. The minimum absolute atomic E-state index is 0.490. The maximum atomic E-state index is 9.47. The largest absolute Gasteiger partial charge is 0.303 e. The molecule has 1 N–H and O–H groups in total. The van der Waals surface area contributed by atoms with Gasteiger partial charge in [0.25, 0.3) is 0 Å². The molecule has 0 saturated heterocycles. The second-order valence-electron chi connectivity index (χ2n) is 0.839. The van der Waals surface area contributed by atoms with E-state index in [2.05, 4.69) is 4.84 Å². The number of halogens is 1. The van der Waals surface area contributed by atoms with Gasteiger partial charge in [-0.2, -0.15) is 0 Å². The molecule has 0 aliphatic rings. The van der Waals surface area contributed by atoms with Crippen molar-refractivity contribution in [3.8, 4) is 0 Å². The molecule has 0 aromatic heterocycles. The molecule has 0 radical (unpaired) electrons. The van der Waals surface area contributed by atoms with E-state index in [1.807, 2.05) is 0 Å². The van der Waals surface area contributed by atoms with Crippen LogP contribution >= 0.6 is 11.8 Å². The maximum absolute atomic E-state index is 9.47. The third-order valence-corrected chi connectivity index (χ3v) is 0.546. The zero-order chi connectivity index (χ0) is 4.83. The minimum atomic E-state index is 0.490. The monoisotopic (exact) mass is 107 g/mol. The molecule has 0 aromatic carbocycles. The Hall–Kier alpha value is -0.0800. The van der Waals surface area contributed by atoms with Crippen LogP contribution in [0.3, 0.4) is 0 Å². The molecule has 0 amide bonds. The van der Waals surface area contributed by atoms with Crippen LogP contribution in [0.5, 0.6) is 0 Å². The highest BCUT2D eigenvalue weighted by Crippen LogP contribution is 1.66. The van der Waals surface area contributed by atoms with Gasteiger partial charge >= 0.3 is 0 Å². The maximum Gasteiger partial charge on any atom is 0.121 e. The summed E-state index contributed by atoms with van der Waals surface area (Å²) in [5, 5.41) is 0. The van der Waals surface area contributed by atoms with Crippen LogP contribution in [0.2, 0.25) is 0 Å². The molecule has 0 atom stereocenters. The van der Waals surface area contributed by atoms with Gasteiger partial charge in [0.05, 0.1) is 0 Å². The zero-order valence-corrected chi connectivity index (χ0v) is 4.03. The van der Waals surface area contributed by atoms with E-state index in [9.17, 15) is 4.79 Å². The van der Waals surface area contributed by atoms with E-state index in [-0.39, 0.29) is 0 Å². The van der Waals surface area contributed by atoms with Crippen LogP contribution in [-0.4, -0.2) is 12.8 Å². The standard InChI is InChI=1S/C3H6ClNO/c4-5-2-1-3-6/h3,5H,1-2H2. The number of hydrogen-bond donors (Lipinski definition) is 1. The van der Waals surface area contributed by atoms with Crippen molar-refractivity contribution in [3.05, 3.63) is 0 Å². The van der Waals surface area contributed by atoms with Gasteiger partial charge in [0.1, 0.15) is 6.29 Å². The lowest BCUT2D eigenvalue weighted by Gasteiger charge is -1.81. The number of aldehydes is 1. The molecular weight excluding hydrogens is 101 g/mol. The van der Waals surface area contributed by atoms with Gasteiger partial charge < -0.3 is 4.79 Å². The highest BCUT2D eigenvalue weighted by molar-refractivity contribution is 6.13. The fraction of sp³-hybridized carbons (Fsp3) is 0.667. The Morgan fingerprint density at radius 1 is 1.83 bits per heavy atom.